The van der Waals surface area contributed by atoms with Crippen LogP contribution in [0, 0.1) is 6.92 Å². The number of aromatic nitrogens is 1. The van der Waals surface area contributed by atoms with Gasteiger partial charge in [-0.05, 0) is 12.5 Å². The lowest BCUT2D eigenvalue weighted by Crippen LogP contribution is -2.27. The molecule has 1 heterocycles. The van der Waals surface area contributed by atoms with Gasteiger partial charge in [0.05, 0.1) is 12.2 Å². The van der Waals surface area contributed by atoms with Crippen molar-refractivity contribution in [2.45, 2.75) is 13.5 Å². The first-order valence-electron chi connectivity index (χ1n) is 5.70. The molecule has 0 radical (unpaired) electrons. The number of hydrogen-bond acceptors (Lipinski definition) is 4. The second-order valence-electron chi connectivity index (χ2n) is 3.93. The van der Waals surface area contributed by atoms with E-state index in [0.717, 1.165) is 11.3 Å². The molecule has 110 valence electrons. The number of nitrogens with one attached hydrogen (secondary N) is 2. The van der Waals surface area contributed by atoms with E-state index in [0.29, 0.717) is 11.7 Å². The Balaban J connectivity index is 0.00000180. The lowest BCUT2D eigenvalue weighted by Gasteiger charge is -2.04. The maximum absolute atomic E-state index is 11.6. The molecule has 0 unspecified atom stereocenters. The zero-order valence-corrected chi connectivity index (χ0v) is 13.4. The fourth-order valence-electron chi connectivity index (χ4n) is 1.49. The molecule has 4 nitrogen and oxygen atoms in total. The predicted molar refractivity (Wildman–Crippen MR) is 88.1 cm³/mol. The van der Waals surface area contributed by atoms with Gasteiger partial charge >= 0.3 is 0 Å². The van der Waals surface area contributed by atoms with Gasteiger partial charge in [-0.3, -0.25) is 4.79 Å². The highest BCUT2D eigenvalue weighted by Crippen LogP contribution is 2.13. The summed E-state index contributed by atoms with van der Waals surface area (Å²) >= 11 is 1.44. The Hall–Kier alpha value is -1.14. The summed E-state index contributed by atoms with van der Waals surface area (Å²) < 4.78 is 0. The van der Waals surface area contributed by atoms with Gasteiger partial charge in [0.2, 0.25) is 5.91 Å². The summed E-state index contributed by atoms with van der Waals surface area (Å²) in [7, 11) is 0. The molecule has 0 spiro atoms. The smallest absolute Gasteiger partial charge is 0.240 e. The second kappa shape index (κ2) is 9.72. The van der Waals surface area contributed by atoms with E-state index in [1.54, 1.807) is 0 Å². The molecule has 0 aliphatic rings. The third-order valence-electron chi connectivity index (χ3n) is 2.32. The summed E-state index contributed by atoms with van der Waals surface area (Å²) in [6.07, 6.45) is 0. The Bertz CT molecular complexity index is 519. The minimum Gasteiger partial charge on any atom is -0.304 e. The van der Waals surface area contributed by atoms with Gasteiger partial charge in [-0.25, -0.2) is 4.98 Å². The van der Waals surface area contributed by atoms with Crippen LogP contribution in [-0.4, -0.2) is 17.4 Å². The van der Waals surface area contributed by atoms with Crippen molar-refractivity contribution in [3.63, 3.8) is 0 Å². The molecular formula is C13H17Cl2N3OS. The van der Waals surface area contributed by atoms with E-state index < -0.39 is 0 Å². The van der Waals surface area contributed by atoms with Crippen LogP contribution in [0.1, 0.15) is 11.3 Å². The number of carbonyl (C=O) groups excluding carboxylic acids is 1. The largest absolute Gasteiger partial charge is 0.304 e. The van der Waals surface area contributed by atoms with Gasteiger partial charge in [0.15, 0.2) is 5.13 Å². The molecule has 7 heteroatoms. The summed E-state index contributed by atoms with van der Waals surface area (Å²) in [5.74, 6) is -0.0692. The first-order valence-corrected chi connectivity index (χ1v) is 6.58. The molecule has 1 amide bonds. The lowest BCUT2D eigenvalue weighted by molar-refractivity contribution is -0.115. The number of halogens is 2. The van der Waals surface area contributed by atoms with Crippen molar-refractivity contribution in [1.82, 2.24) is 10.3 Å². The van der Waals surface area contributed by atoms with Crippen molar-refractivity contribution in [1.29, 1.82) is 0 Å². The molecular weight excluding hydrogens is 317 g/mol. The van der Waals surface area contributed by atoms with Gasteiger partial charge in [-0.15, -0.1) is 36.2 Å². The Morgan fingerprint density at radius 1 is 1.25 bits per heavy atom. The standard InChI is InChI=1S/C13H15N3OS.2ClH/c1-10-9-18-13(15-10)16-12(17)8-14-7-11-5-3-2-4-6-11;;/h2-6,9,14H,7-8H2,1H3,(H,15,16,17);2*1H. The Labute approximate surface area is 134 Å². The summed E-state index contributed by atoms with van der Waals surface area (Å²) in [6, 6.07) is 9.98. The molecule has 0 bridgehead atoms. The van der Waals surface area contributed by atoms with Crippen LogP contribution in [-0.2, 0) is 11.3 Å². The summed E-state index contributed by atoms with van der Waals surface area (Å²) in [5.41, 5.74) is 2.09. The van der Waals surface area contributed by atoms with E-state index in [4.69, 9.17) is 0 Å². The Morgan fingerprint density at radius 3 is 2.55 bits per heavy atom. The van der Waals surface area contributed by atoms with Gasteiger partial charge in [-0.2, -0.15) is 0 Å². The van der Waals surface area contributed by atoms with Crippen molar-refractivity contribution < 1.29 is 4.79 Å². The topological polar surface area (TPSA) is 54.0 Å². The van der Waals surface area contributed by atoms with Gasteiger partial charge in [0, 0.05) is 11.9 Å². The highest BCUT2D eigenvalue weighted by Gasteiger charge is 2.04. The molecule has 1 aromatic heterocycles. The van der Waals surface area contributed by atoms with E-state index in [2.05, 4.69) is 15.6 Å². The number of amides is 1. The third kappa shape index (κ3) is 6.34. The minimum atomic E-state index is -0.0692. The lowest BCUT2D eigenvalue weighted by atomic mass is 10.2. The number of hydrogen-bond donors (Lipinski definition) is 2. The van der Waals surface area contributed by atoms with Gasteiger partial charge in [0.25, 0.3) is 0 Å². The first-order chi connectivity index (χ1) is 8.74. The molecule has 2 rings (SSSR count). The quantitative estimate of drug-likeness (QED) is 0.884. The molecule has 2 N–H and O–H groups in total. The number of nitrogens with zero attached hydrogens (tertiary/aromatic N) is 1. The van der Waals surface area contributed by atoms with Gasteiger partial charge in [-0.1, -0.05) is 30.3 Å². The molecule has 0 fully saturated rings. The van der Waals surface area contributed by atoms with Crippen LogP contribution in [0.2, 0.25) is 0 Å². The fraction of sp³-hybridized carbons (Fsp3) is 0.231. The monoisotopic (exact) mass is 333 g/mol. The maximum atomic E-state index is 11.6. The van der Waals surface area contributed by atoms with Crippen LogP contribution in [0.4, 0.5) is 5.13 Å². The maximum Gasteiger partial charge on any atom is 0.240 e. The van der Waals surface area contributed by atoms with E-state index in [9.17, 15) is 4.79 Å². The molecule has 0 saturated heterocycles. The normalized spacial score (nSPS) is 9.25. The van der Waals surface area contributed by atoms with Crippen molar-refractivity contribution in [3.8, 4) is 0 Å². The van der Waals surface area contributed by atoms with E-state index in [1.165, 1.54) is 11.3 Å². The average Bonchev–Trinajstić information content (AvgIpc) is 2.76. The van der Waals surface area contributed by atoms with Crippen molar-refractivity contribution in [2.24, 2.45) is 0 Å². The third-order valence-corrected chi connectivity index (χ3v) is 3.20. The van der Waals surface area contributed by atoms with Crippen LogP contribution in [0.5, 0.6) is 0 Å². The number of rotatable bonds is 5. The molecule has 20 heavy (non-hydrogen) atoms. The highest BCUT2D eigenvalue weighted by atomic mass is 35.5. The van der Waals surface area contributed by atoms with Crippen LogP contribution in [0.15, 0.2) is 35.7 Å². The van der Waals surface area contributed by atoms with Gasteiger partial charge < -0.3 is 10.6 Å². The molecule has 2 aromatic rings. The number of aryl methyl sites for hydroxylation is 1. The fourth-order valence-corrected chi connectivity index (χ4v) is 2.20. The number of thiazole rings is 1. The zero-order chi connectivity index (χ0) is 12.8. The Kier molecular flexibility index (Phi) is 9.16. The predicted octanol–water partition coefficient (Wildman–Crippen LogP) is 3.02. The molecule has 0 saturated carbocycles. The molecule has 0 atom stereocenters. The molecule has 0 aliphatic heterocycles. The summed E-state index contributed by atoms with van der Waals surface area (Å²) in [6.45, 7) is 2.87. The van der Waals surface area contributed by atoms with E-state index in [1.807, 2.05) is 42.6 Å². The zero-order valence-electron chi connectivity index (χ0n) is 11.0. The summed E-state index contributed by atoms with van der Waals surface area (Å²) in [4.78, 5) is 15.8. The van der Waals surface area contributed by atoms with Crippen LogP contribution < -0.4 is 10.6 Å². The highest BCUT2D eigenvalue weighted by molar-refractivity contribution is 7.13. The SMILES string of the molecule is Cc1csc(NC(=O)CNCc2ccccc2)n1.Cl.Cl. The average molecular weight is 334 g/mol. The first kappa shape index (κ1) is 18.9. The number of benzene rings is 1. The minimum absolute atomic E-state index is 0. The van der Waals surface area contributed by atoms with Crippen LogP contribution in [0.3, 0.4) is 0 Å². The van der Waals surface area contributed by atoms with Crippen LogP contribution >= 0.6 is 36.2 Å². The van der Waals surface area contributed by atoms with Crippen molar-refractivity contribution in [3.05, 3.63) is 47.0 Å². The van der Waals surface area contributed by atoms with Gasteiger partial charge in [0.1, 0.15) is 0 Å². The van der Waals surface area contributed by atoms with Crippen molar-refractivity contribution >= 4 is 47.2 Å². The molecule has 0 aliphatic carbocycles. The summed E-state index contributed by atoms with van der Waals surface area (Å²) in [5, 5.41) is 8.41. The van der Waals surface area contributed by atoms with Crippen LogP contribution in [0.25, 0.3) is 0 Å². The van der Waals surface area contributed by atoms with Crippen molar-refractivity contribution in [2.75, 3.05) is 11.9 Å². The number of carbonyl (C=O) groups is 1. The second-order valence-corrected chi connectivity index (χ2v) is 4.79. The molecule has 1 aromatic carbocycles. The Morgan fingerprint density at radius 2 is 1.95 bits per heavy atom. The van der Waals surface area contributed by atoms with E-state index in [-0.39, 0.29) is 37.3 Å². The van der Waals surface area contributed by atoms with E-state index >= 15 is 0 Å². The number of anilines is 1.